The van der Waals surface area contributed by atoms with Crippen molar-refractivity contribution in [2.75, 3.05) is 12.3 Å². The number of nitrogen functional groups attached to an aromatic ring is 1. The van der Waals surface area contributed by atoms with Gasteiger partial charge in [0.15, 0.2) is 0 Å². The third-order valence-corrected chi connectivity index (χ3v) is 1.99. The largest absolute Gasteiger partial charge is 0.396 e. The van der Waals surface area contributed by atoms with E-state index in [2.05, 4.69) is 10.0 Å². The van der Waals surface area contributed by atoms with E-state index in [1.165, 1.54) is 12.1 Å². The summed E-state index contributed by atoms with van der Waals surface area (Å²) in [7, 11) is 0. The van der Waals surface area contributed by atoms with Crippen LogP contribution < -0.4 is 5.73 Å². The molecule has 0 amide bonds. The molecule has 0 aliphatic heterocycles. The van der Waals surface area contributed by atoms with Crippen LogP contribution in [0.2, 0.25) is 5.02 Å². The Morgan fingerprint density at radius 1 is 1.60 bits per heavy atom. The van der Waals surface area contributed by atoms with E-state index in [0.717, 1.165) is 0 Å². The molecule has 0 aliphatic rings. The Kier molecular flexibility index (Phi) is 3.97. The maximum atomic E-state index is 13.0. The molecule has 0 spiro atoms. The van der Waals surface area contributed by atoms with Crippen LogP contribution in [0.3, 0.4) is 0 Å². The molecule has 0 fully saturated rings. The van der Waals surface area contributed by atoms with Gasteiger partial charge in [0, 0.05) is 11.5 Å². The zero-order valence-electron chi connectivity index (χ0n) is 7.69. The number of hydrogen-bond donors (Lipinski definition) is 1. The van der Waals surface area contributed by atoms with Crippen molar-refractivity contribution in [2.45, 2.75) is 0 Å². The second kappa shape index (κ2) is 5.24. The van der Waals surface area contributed by atoms with Crippen molar-refractivity contribution in [2.24, 2.45) is 5.11 Å². The van der Waals surface area contributed by atoms with E-state index in [0.29, 0.717) is 10.6 Å². The van der Waals surface area contributed by atoms with Crippen LogP contribution in [0.4, 0.5) is 10.1 Å². The van der Waals surface area contributed by atoms with E-state index < -0.39 is 5.82 Å². The molecule has 0 radical (unpaired) electrons. The van der Waals surface area contributed by atoms with E-state index in [1.807, 2.05) is 0 Å². The molecule has 6 heteroatoms. The molecule has 1 aromatic rings. The van der Waals surface area contributed by atoms with Crippen LogP contribution in [0, 0.1) is 5.82 Å². The first-order valence-electron chi connectivity index (χ1n) is 4.07. The second-order valence-corrected chi connectivity index (χ2v) is 3.12. The average molecular weight is 227 g/mol. The highest BCUT2D eigenvalue weighted by atomic mass is 35.5. The Morgan fingerprint density at radius 3 is 3.00 bits per heavy atom. The van der Waals surface area contributed by atoms with Gasteiger partial charge in [-0.1, -0.05) is 28.9 Å². The summed E-state index contributed by atoms with van der Waals surface area (Å²) in [6.45, 7) is 0.193. The summed E-state index contributed by atoms with van der Waals surface area (Å²) < 4.78 is 13.0. The molecule has 78 valence electrons. The summed E-state index contributed by atoms with van der Waals surface area (Å²) in [5.74, 6) is -0.525. The number of azide groups is 1. The predicted octanol–water partition coefficient (Wildman–Crippen LogP) is 3.38. The van der Waals surface area contributed by atoms with E-state index in [-0.39, 0.29) is 12.2 Å². The van der Waals surface area contributed by atoms with Crippen LogP contribution >= 0.6 is 11.6 Å². The number of anilines is 1. The van der Waals surface area contributed by atoms with Gasteiger partial charge in [-0.2, -0.15) is 0 Å². The number of hydrogen-bond acceptors (Lipinski definition) is 2. The molecular formula is C9H8ClFN4. The Morgan fingerprint density at radius 2 is 2.33 bits per heavy atom. The van der Waals surface area contributed by atoms with Crippen molar-refractivity contribution in [3.8, 4) is 0 Å². The fraction of sp³-hybridized carbons (Fsp3) is 0.111. The molecule has 4 nitrogen and oxygen atoms in total. The van der Waals surface area contributed by atoms with E-state index in [9.17, 15) is 4.39 Å². The van der Waals surface area contributed by atoms with Gasteiger partial charge in [0.05, 0.1) is 10.7 Å². The fourth-order valence-corrected chi connectivity index (χ4v) is 1.20. The standard InChI is InChI=1S/C9H8ClFN4/c10-7-5-9(12)8(11)4-6(7)2-1-3-14-15-13/h1-2,4-5H,3,12H2. The third-order valence-electron chi connectivity index (χ3n) is 1.66. The number of rotatable bonds is 3. The van der Waals surface area contributed by atoms with Crippen LogP contribution in [0.1, 0.15) is 5.56 Å². The Hall–Kier alpha value is -1.71. The van der Waals surface area contributed by atoms with Crippen LogP contribution in [-0.2, 0) is 0 Å². The summed E-state index contributed by atoms with van der Waals surface area (Å²) in [5, 5.41) is 3.64. The molecular weight excluding hydrogens is 219 g/mol. The summed E-state index contributed by atoms with van der Waals surface area (Å²) in [4.78, 5) is 2.57. The molecule has 0 aliphatic carbocycles. The lowest BCUT2D eigenvalue weighted by Crippen LogP contribution is -1.91. The van der Waals surface area contributed by atoms with E-state index in [1.54, 1.807) is 12.2 Å². The first-order chi connectivity index (χ1) is 7.15. The van der Waals surface area contributed by atoms with E-state index >= 15 is 0 Å². The predicted molar refractivity (Wildman–Crippen MR) is 58.9 cm³/mol. The Balaban J connectivity index is 2.90. The monoisotopic (exact) mass is 226 g/mol. The van der Waals surface area contributed by atoms with Crippen molar-refractivity contribution in [1.29, 1.82) is 0 Å². The van der Waals surface area contributed by atoms with Crippen LogP contribution in [-0.4, -0.2) is 6.54 Å². The molecule has 1 aromatic carbocycles. The number of nitrogens with zero attached hydrogens (tertiary/aromatic N) is 3. The zero-order valence-corrected chi connectivity index (χ0v) is 8.45. The molecule has 0 saturated carbocycles. The quantitative estimate of drug-likeness (QED) is 0.365. The van der Waals surface area contributed by atoms with Crippen molar-refractivity contribution in [3.63, 3.8) is 0 Å². The lowest BCUT2D eigenvalue weighted by atomic mass is 10.2. The van der Waals surface area contributed by atoms with Gasteiger partial charge in [0.2, 0.25) is 0 Å². The van der Waals surface area contributed by atoms with Crippen molar-refractivity contribution < 1.29 is 4.39 Å². The first-order valence-corrected chi connectivity index (χ1v) is 4.45. The minimum absolute atomic E-state index is 0.00666. The molecule has 2 N–H and O–H groups in total. The lowest BCUT2D eigenvalue weighted by molar-refractivity contribution is 0.632. The highest BCUT2D eigenvalue weighted by Gasteiger charge is 2.03. The number of nitrogens with two attached hydrogens (primary N) is 1. The smallest absolute Gasteiger partial charge is 0.146 e. The van der Waals surface area contributed by atoms with Crippen molar-refractivity contribution >= 4 is 23.4 Å². The highest BCUT2D eigenvalue weighted by Crippen LogP contribution is 2.23. The average Bonchev–Trinajstić information content (AvgIpc) is 2.20. The van der Waals surface area contributed by atoms with Gasteiger partial charge in [0.25, 0.3) is 0 Å². The molecule has 0 aromatic heterocycles. The third kappa shape index (κ3) is 3.16. The van der Waals surface area contributed by atoms with E-state index in [4.69, 9.17) is 22.9 Å². The topological polar surface area (TPSA) is 74.8 Å². The summed E-state index contributed by atoms with van der Waals surface area (Å²) in [6.07, 6.45) is 3.15. The number of benzene rings is 1. The van der Waals surface area contributed by atoms with Gasteiger partial charge < -0.3 is 5.73 Å². The SMILES string of the molecule is [N-]=[N+]=NCC=Cc1cc(F)c(N)cc1Cl. The Labute approximate surface area is 90.8 Å². The summed E-state index contributed by atoms with van der Waals surface area (Å²) in [6, 6.07) is 2.56. The maximum Gasteiger partial charge on any atom is 0.146 e. The molecule has 0 saturated heterocycles. The summed E-state index contributed by atoms with van der Waals surface area (Å²) in [5.41, 5.74) is 13.8. The molecule has 15 heavy (non-hydrogen) atoms. The zero-order chi connectivity index (χ0) is 11.3. The Bertz CT molecular complexity index is 438. The van der Waals surface area contributed by atoms with Crippen LogP contribution in [0.5, 0.6) is 0 Å². The van der Waals surface area contributed by atoms with Gasteiger partial charge in [0.1, 0.15) is 5.82 Å². The minimum Gasteiger partial charge on any atom is -0.396 e. The molecule has 0 unspecified atom stereocenters. The van der Waals surface area contributed by atoms with Gasteiger partial charge >= 0.3 is 0 Å². The lowest BCUT2D eigenvalue weighted by Gasteiger charge is -2.01. The van der Waals surface area contributed by atoms with Crippen molar-refractivity contribution in [3.05, 3.63) is 45.1 Å². The van der Waals surface area contributed by atoms with Gasteiger partial charge in [-0.3, -0.25) is 0 Å². The maximum absolute atomic E-state index is 13.0. The second-order valence-electron chi connectivity index (χ2n) is 2.71. The molecule has 0 atom stereocenters. The highest BCUT2D eigenvalue weighted by molar-refractivity contribution is 6.32. The molecule has 0 bridgehead atoms. The molecule has 0 heterocycles. The van der Waals surface area contributed by atoms with Gasteiger partial charge in [-0.25, -0.2) is 4.39 Å². The normalized spacial score (nSPS) is 10.3. The first kappa shape index (κ1) is 11.4. The fourth-order valence-electron chi connectivity index (χ4n) is 0.969. The van der Waals surface area contributed by atoms with Crippen molar-refractivity contribution in [1.82, 2.24) is 0 Å². The number of halogens is 2. The minimum atomic E-state index is -0.525. The van der Waals surface area contributed by atoms with Crippen LogP contribution in [0.25, 0.3) is 16.5 Å². The summed E-state index contributed by atoms with van der Waals surface area (Å²) >= 11 is 5.81. The van der Waals surface area contributed by atoms with Gasteiger partial charge in [-0.05, 0) is 23.2 Å². The van der Waals surface area contributed by atoms with Crippen LogP contribution in [0.15, 0.2) is 23.3 Å². The van der Waals surface area contributed by atoms with Gasteiger partial charge in [-0.15, -0.1) is 0 Å². The molecule has 1 rings (SSSR count).